The number of likely N-dealkylation sites (tertiary alicyclic amines) is 1. The molecular weight excluding hydrogens is 424 g/mol. The van der Waals surface area contributed by atoms with Crippen LogP contribution in [0, 0.1) is 11.6 Å². The SMILES string of the molecule is CCCCC(C(=O)O)N1CCC(OC(c2ccc(F)cc2)c2ccc(F)cc2)CC1.Cl. The van der Waals surface area contributed by atoms with Gasteiger partial charge in [-0.2, -0.15) is 0 Å². The molecule has 1 saturated heterocycles. The average molecular weight is 454 g/mol. The molecule has 0 aliphatic carbocycles. The molecule has 7 heteroatoms. The van der Waals surface area contributed by atoms with Gasteiger partial charge in [0.1, 0.15) is 23.8 Å². The van der Waals surface area contributed by atoms with Gasteiger partial charge in [-0.1, -0.05) is 44.0 Å². The summed E-state index contributed by atoms with van der Waals surface area (Å²) in [6.45, 7) is 3.37. The molecule has 0 spiro atoms. The van der Waals surface area contributed by atoms with E-state index in [4.69, 9.17) is 4.74 Å². The minimum absolute atomic E-state index is 0. The van der Waals surface area contributed by atoms with E-state index in [2.05, 4.69) is 6.92 Å². The fourth-order valence-electron chi connectivity index (χ4n) is 4.00. The van der Waals surface area contributed by atoms with Crippen molar-refractivity contribution in [3.63, 3.8) is 0 Å². The number of hydrogen-bond donors (Lipinski definition) is 1. The van der Waals surface area contributed by atoms with Crippen molar-refractivity contribution in [1.29, 1.82) is 0 Å². The molecule has 1 unspecified atom stereocenters. The highest BCUT2D eigenvalue weighted by molar-refractivity contribution is 5.85. The molecule has 0 saturated carbocycles. The van der Waals surface area contributed by atoms with Crippen LogP contribution in [0.3, 0.4) is 0 Å². The topological polar surface area (TPSA) is 49.8 Å². The zero-order valence-electron chi connectivity index (χ0n) is 17.7. The number of rotatable bonds is 9. The van der Waals surface area contributed by atoms with E-state index in [1.807, 2.05) is 4.90 Å². The first-order valence-corrected chi connectivity index (χ1v) is 10.6. The van der Waals surface area contributed by atoms with Crippen LogP contribution >= 0.6 is 12.4 Å². The van der Waals surface area contributed by atoms with E-state index in [0.29, 0.717) is 19.5 Å². The fourth-order valence-corrected chi connectivity index (χ4v) is 4.00. The van der Waals surface area contributed by atoms with Crippen molar-refractivity contribution in [2.24, 2.45) is 0 Å². The van der Waals surface area contributed by atoms with Crippen LogP contribution in [0.15, 0.2) is 48.5 Å². The van der Waals surface area contributed by atoms with E-state index in [1.165, 1.54) is 24.3 Å². The average Bonchev–Trinajstić information content (AvgIpc) is 2.74. The van der Waals surface area contributed by atoms with Crippen LogP contribution in [0.25, 0.3) is 0 Å². The third-order valence-electron chi connectivity index (χ3n) is 5.71. The smallest absolute Gasteiger partial charge is 0.320 e. The number of aliphatic carboxylic acids is 1. The summed E-state index contributed by atoms with van der Waals surface area (Å²) >= 11 is 0. The van der Waals surface area contributed by atoms with E-state index < -0.39 is 18.1 Å². The Morgan fingerprint density at radius 1 is 1.03 bits per heavy atom. The summed E-state index contributed by atoms with van der Waals surface area (Å²) < 4.78 is 33.2. The highest BCUT2D eigenvalue weighted by atomic mass is 35.5. The highest BCUT2D eigenvalue weighted by Gasteiger charge is 2.31. The summed E-state index contributed by atoms with van der Waals surface area (Å²) in [5.74, 6) is -1.41. The Hall–Kier alpha value is -2.02. The molecule has 1 fully saturated rings. The normalized spacial score (nSPS) is 16.1. The molecule has 1 atom stereocenters. The van der Waals surface area contributed by atoms with Crippen LogP contribution < -0.4 is 0 Å². The first-order chi connectivity index (χ1) is 14.5. The van der Waals surface area contributed by atoms with Crippen molar-refractivity contribution in [3.8, 4) is 0 Å². The maximum absolute atomic E-state index is 13.4. The molecule has 0 amide bonds. The van der Waals surface area contributed by atoms with E-state index in [1.54, 1.807) is 24.3 Å². The van der Waals surface area contributed by atoms with Gasteiger partial charge in [0.05, 0.1) is 6.10 Å². The fraction of sp³-hybridized carbons (Fsp3) is 0.458. The molecule has 1 aliphatic heterocycles. The third-order valence-corrected chi connectivity index (χ3v) is 5.71. The van der Waals surface area contributed by atoms with Gasteiger partial charge < -0.3 is 9.84 Å². The Bertz CT molecular complexity index is 763. The minimum Gasteiger partial charge on any atom is -0.480 e. The summed E-state index contributed by atoms with van der Waals surface area (Å²) in [6.07, 6.45) is 3.47. The van der Waals surface area contributed by atoms with Crippen LogP contribution in [-0.2, 0) is 9.53 Å². The van der Waals surface area contributed by atoms with Crippen LogP contribution in [0.4, 0.5) is 8.78 Å². The number of carboxylic acids is 1. The second kappa shape index (κ2) is 12.1. The maximum atomic E-state index is 13.4. The van der Waals surface area contributed by atoms with Gasteiger partial charge in [-0.3, -0.25) is 9.69 Å². The number of hydrogen-bond acceptors (Lipinski definition) is 3. The number of benzene rings is 2. The number of carbonyl (C=O) groups is 1. The predicted molar refractivity (Wildman–Crippen MR) is 119 cm³/mol. The van der Waals surface area contributed by atoms with E-state index in [0.717, 1.165) is 36.8 Å². The monoisotopic (exact) mass is 453 g/mol. The highest BCUT2D eigenvalue weighted by Crippen LogP contribution is 2.31. The van der Waals surface area contributed by atoms with Gasteiger partial charge >= 0.3 is 5.97 Å². The molecule has 1 heterocycles. The van der Waals surface area contributed by atoms with Crippen LogP contribution in [0.5, 0.6) is 0 Å². The van der Waals surface area contributed by atoms with Gasteiger partial charge in [-0.25, -0.2) is 8.78 Å². The van der Waals surface area contributed by atoms with E-state index in [-0.39, 0.29) is 30.1 Å². The third kappa shape index (κ3) is 6.99. The van der Waals surface area contributed by atoms with Gasteiger partial charge in [0.15, 0.2) is 0 Å². The largest absolute Gasteiger partial charge is 0.480 e. The quantitative estimate of drug-likeness (QED) is 0.537. The molecule has 2 aromatic carbocycles. The Labute approximate surface area is 188 Å². The Kier molecular flexibility index (Phi) is 9.88. The molecule has 0 bridgehead atoms. The molecule has 0 radical (unpaired) electrons. The van der Waals surface area contributed by atoms with Gasteiger partial charge in [0.2, 0.25) is 0 Å². The van der Waals surface area contributed by atoms with Gasteiger partial charge in [0, 0.05) is 13.1 Å². The maximum Gasteiger partial charge on any atom is 0.320 e. The second-order valence-corrected chi connectivity index (χ2v) is 7.85. The lowest BCUT2D eigenvalue weighted by atomic mass is 9.99. The summed E-state index contributed by atoms with van der Waals surface area (Å²) in [6, 6.07) is 11.9. The molecule has 170 valence electrons. The Morgan fingerprint density at radius 2 is 1.52 bits per heavy atom. The predicted octanol–water partition coefficient (Wildman–Crippen LogP) is 5.60. The van der Waals surface area contributed by atoms with Crippen LogP contribution in [-0.4, -0.2) is 41.2 Å². The van der Waals surface area contributed by atoms with Gasteiger partial charge in [-0.15, -0.1) is 12.4 Å². The number of unbranched alkanes of at least 4 members (excludes halogenated alkanes) is 1. The summed E-state index contributed by atoms with van der Waals surface area (Å²) in [4.78, 5) is 13.7. The van der Waals surface area contributed by atoms with Crippen molar-refractivity contribution in [2.75, 3.05) is 13.1 Å². The molecule has 0 aromatic heterocycles. The lowest BCUT2D eigenvalue weighted by Gasteiger charge is -2.37. The summed E-state index contributed by atoms with van der Waals surface area (Å²) in [7, 11) is 0. The lowest BCUT2D eigenvalue weighted by molar-refractivity contribution is -0.145. The van der Waals surface area contributed by atoms with E-state index in [9.17, 15) is 18.7 Å². The minimum atomic E-state index is -0.765. The summed E-state index contributed by atoms with van der Waals surface area (Å²) in [5, 5.41) is 9.57. The van der Waals surface area contributed by atoms with Crippen LogP contribution in [0.1, 0.15) is 56.3 Å². The van der Waals surface area contributed by atoms with E-state index >= 15 is 0 Å². The van der Waals surface area contributed by atoms with Crippen LogP contribution in [0.2, 0.25) is 0 Å². The Morgan fingerprint density at radius 3 is 1.94 bits per heavy atom. The first kappa shape index (κ1) is 25.2. The second-order valence-electron chi connectivity index (χ2n) is 7.85. The molecule has 31 heavy (non-hydrogen) atoms. The zero-order valence-corrected chi connectivity index (χ0v) is 18.5. The first-order valence-electron chi connectivity index (χ1n) is 10.6. The van der Waals surface area contributed by atoms with Crippen molar-refractivity contribution < 1.29 is 23.4 Å². The van der Waals surface area contributed by atoms with Crippen molar-refractivity contribution in [2.45, 2.75) is 57.3 Å². The van der Waals surface area contributed by atoms with Crippen molar-refractivity contribution in [1.82, 2.24) is 4.90 Å². The number of piperidine rings is 1. The number of halogens is 3. The molecule has 1 N–H and O–H groups in total. The van der Waals surface area contributed by atoms with Gasteiger partial charge in [-0.05, 0) is 54.7 Å². The number of nitrogens with zero attached hydrogens (tertiary/aromatic N) is 1. The molecule has 4 nitrogen and oxygen atoms in total. The Balaban J connectivity index is 0.00000341. The number of carboxylic acid groups (broad SMARTS) is 1. The van der Waals surface area contributed by atoms with Crippen molar-refractivity contribution >= 4 is 18.4 Å². The molecule has 1 aliphatic rings. The van der Waals surface area contributed by atoms with Gasteiger partial charge in [0.25, 0.3) is 0 Å². The standard InChI is InChI=1S/C24H29F2NO3.ClH/c1-2-3-4-22(24(28)29)27-15-13-21(14-16-27)30-23(17-5-9-19(25)10-6-17)18-7-11-20(26)12-8-18;/h5-12,21-23H,2-4,13-16H2,1H3,(H,28,29);1H. The van der Waals surface area contributed by atoms with Crippen molar-refractivity contribution in [3.05, 3.63) is 71.3 Å². The number of ether oxygens (including phenoxy) is 1. The molecular formula is C24H30ClF2NO3. The summed E-state index contributed by atoms with van der Waals surface area (Å²) in [5.41, 5.74) is 1.61. The zero-order chi connectivity index (χ0) is 21.5. The molecule has 2 aromatic rings. The lowest BCUT2D eigenvalue weighted by Crippen LogP contribution is -2.47. The molecule has 3 rings (SSSR count).